The first-order valence-electron chi connectivity index (χ1n) is 5.27. The number of nitrogen functional groups attached to an aromatic ring is 1. The number of hydrogen-bond acceptors (Lipinski definition) is 4. The Balaban J connectivity index is 1.86. The number of H-pyrrole nitrogens is 2. The van der Waals surface area contributed by atoms with Crippen LogP contribution in [-0.4, -0.2) is 20.2 Å². The standard InChI is InChI=1S/C11H12N6/c12-8-3-7-5-16-17-9(7)4-10(8)15-6-11-13-1-2-14-11/h1-5,15H,6,12H2,(H,13,14)(H,16,17). The summed E-state index contributed by atoms with van der Waals surface area (Å²) in [4.78, 5) is 7.16. The van der Waals surface area contributed by atoms with Gasteiger partial charge in [-0.3, -0.25) is 5.10 Å². The molecule has 2 heterocycles. The van der Waals surface area contributed by atoms with E-state index < -0.39 is 0 Å². The Hall–Kier alpha value is -2.50. The summed E-state index contributed by atoms with van der Waals surface area (Å²) in [5, 5.41) is 11.1. The van der Waals surface area contributed by atoms with Crippen LogP contribution in [0.3, 0.4) is 0 Å². The quantitative estimate of drug-likeness (QED) is 0.510. The second-order valence-corrected chi connectivity index (χ2v) is 3.79. The summed E-state index contributed by atoms with van der Waals surface area (Å²) in [7, 11) is 0. The lowest BCUT2D eigenvalue weighted by atomic mass is 10.2. The Labute approximate surface area is 97.3 Å². The van der Waals surface area contributed by atoms with E-state index in [9.17, 15) is 0 Å². The molecule has 86 valence electrons. The maximum absolute atomic E-state index is 5.95. The van der Waals surface area contributed by atoms with E-state index >= 15 is 0 Å². The molecule has 17 heavy (non-hydrogen) atoms. The highest BCUT2D eigenvalue weighted by Crippen LogP contribution is 2.24. The number of hydrogen-bond donors (Lipinski definition) is 4. The van der Waals surface area contributed by atoms with Crippen LogP contribution in [0.1, 0.15) is 5.82 Å². The van der Waals surface area contributed by atoms with Crippen LogP contribution < -0.4 is 11.1 Å². The van der Waals surface area contributed by atoms with E-state index in [0.717, 1.165) is 22.4 Å². The smallest absolute Gasteiger partial charge is 0.125 e. The van der Waals surface area contributed by atoms with Gasteiger partial charge >= 0.3 is 0 Å². The minimum Gasteiger partial charge on any atom is -0.397 e. The van der Waals surface area contributed by atoms with E-state index in [1.807, 2.05) is 12.1 Å². The second-order valence-electron chi connectivity index (χ2n) is 3.79. The zero-order valence-corrected chi connectivity index (χ0v) is 9.07. The maximum Gasteiger partial charge on any atom is 0.125 e. The van der Waals surface area contributed by atoms with Gasteiger partial charge in [0.05, 0.1) is 29.6 Å². The van der Waals surface area contributed by atoms with Crippen molar-refractivity contribution in [2.45, 2.75) is 6.54 Å². The highest BCUT2D eigenvalue weighted by molar-refractivity contribution is 5.88. The number of anilines is 2. The highest BCUT2D eigenvalue weighted by Gasteiger charge is 2.04. The van der Waals surface area contributed by atoms with Gasteiger partial charge < -0.3 is 16.0 Å². The summed E-state index contributed by atoms with van der Waals surface area (Å²) in [6, 6.07) is 3.84. The Morgan fingerprint density at radius 2 is 2.29 bits per heavy atom. The molecule has 6 heteroatoms. The molecule has 0 spiro atoms. The number of aromatic nitrogens is 4. The Bertz CT molecular complexity index is 625. The first-order valence-corrected chi connectivity index (χ1v) is 5.27. The fraction of sp³-hybridized carbons (Fsp3) is 0.0909. The van der Waals surface area contributed by atoms with Crippen molar-refractivity contribution in [3.05, 3.63) is 36.5 Å². The monoisotopic (exact) mass is 228 g/mol. The fourth-order valence-electron chi connectivity index (χ4n) is 1.74. The number of nitrogens with two attached hydrogens (primary N) is 1. The first kappa shape index (κ1) is 9.71. The molecule has 0 amide bonds. The van der Waals surface area contributed by atoms with Crippen LogP contribution in [-0.2, 0) is 6.54 Å². The van der Waals surface area contributed by atoms with Crippen molar-refractivity contribution < 1.29 is 0 Å². The molecule has 0 aliphatic carbocycles. The average molecular weight is 228 g/mol. The summed E-state index contributed by atoms with van der Waals surface area (Å²) in [5.74, 6) is 0.870. The van der Waals surface area contributed by atoms with Crippen LogP contribution in [0.15, 0.2) is 30.7 Å². The summed E-state index contributed by atoms with van der Waals surface area (Å²) in [6.45, 7) is 0.608. The number of nitrogens with zero attached hydrogens (tertiary/aromatic N) is 2. The van der Waals surface area contributed by atoms with Crippen LogP contribution in [0.4, 0.5) is 11.4 Å². The summed E-state index contributed by atoms with van der Waals surface area (Å²) >= 11 is 0. The van der Waals surface area contributed by atoms with Gasteiger partial charge in [-0.1, -0.05) is 0 Å². The number of fused-ring (bicyclic) bond motifs is 1. The molecular weight excluding hydrogens is 216 g/mol. The van der Waals surface area contributed by atoms with E-state index in [0.29, 0.717) is 12.2 Å². The van der Waals surface area contributed by atoms with E-state index in [1.165, 1.54) is 0 Å². The molecular formula is C11H12N6. The van der Waals surface area contributed by atoms with Gasteiger partial charge in [-0.05, 0) is 12.1 Å². The Kier molecular flexibility index (Phi) is 2.18. The van der Waals surface area contributed by atoms with Gasteiger partial charge in [-0.25, -0.2) is 4.98 Å². The van der Waals surface area contributed by atoms with E-state index in [-0.39, 0.29) is 0 Å². The normalized spacial score (nSPS) is 10.8. The zero-order valence-electron chi connectivity index (χ0n) is 9.07. The van der Waals surface area contributed by atoms with Gasteiger partial charge in [-0.2, -0.15) is 5.10 Å². The topological polar surface area (TPSA) is 95.4 Å². The van der Waals surface area contributed by atoms with Crippen molar-refractivity contribution in [2.75, 3.05) is 11.1 Å². The van der Waals surface area contributed by atoms with Gasteiger partial charge in [0, 0.05) is 17.8 Å². The van der Waals surface area contributed by atoms with E-state index in [2.05, 4.69) is 25.5 Å². The van der Waals surface area contributed by atoms with Gasteiger partial charge in [0.2, 0.25) is 0 Å². The molecule has 0 aliphatic heterocycles. The molecule has 5 N–H and O–H groups in total. The zero-order chi connectivity index (χ0) is 11.7. The molecule has 0 bridgehead atoms. The Morgan fingerprint density at radius 1 is 1.35 bits per heavy atom. The lowest BCUT2D eigenvalue weighted by molar-refractivity contribution is 1.00. The Morgan fingerprint density at radius 3 is 3.12 bits per heavy atom. The third-order valence-electron chi connectivity index (χ3n) is 2.61. The van der Waals surface area contributed by atoms with Crippen LogP contribution in [0.5, 0.6) is 0 Å². The molecule has 0 radical (unpaired) electrons. The molecule has 3 aromatic rings. The molecule has 0 atom stereocenters. The molecule has 0 fully saturated rings. The number of aromatic amines is 2. The van der Waals surface area contributed by atoms with Gasteiger partial charge in [0.25, 0.3) is 0 Å². The maximum atomic E-state index is 5.95. The number of imidazole rings is 1. The third kappa shape index (κ3) is 1.80. The minimum atomic E-state index is 0.608. The second kappa shape index (κ2) is 3.82. The molecule has 6 nitrogen and oxygen atoms in total. The van der Waals surface area contributed by atoms with Crippen molar-refractivity contribution in [2.24, 2.45) is 0 Å². The SMILES string of the molecule is Nc1cc2cn[nH]c2cc1NCc1ncc[nH]1. The van der Waals surface area contributed by atoms with Crippen molar-refractivity contribution in [1.29, 1.82) is 0 Å². The number of benzene rings is 1. The predicted octanol–water partition coefficient (Wildman–Crippen LogP) is 1.48. The molecule has 0 saturated carbocycles. The molecule has 1 aromatic carbocycles. The van der Waals surface area contributed by atoms with Crippen molar-refractivity contribution in [1.82, 2.24) is 20.2 Å². The van der Waals surface area contributed by atoms with Gasteiger partial charge in [0.1, 0.15) is 5.82 Å². The highest BCUT2D eigenvalue weighted by atomic mass is 15.1. The summed E-state index contributed by atoms with van der Waals surface area (Å²) in [6.07, 6.45) is 5.26. The minimum absolute atomic E-state index is 0.608. The molecule has 0 unspecified atom stereocenters. The van der Waals surface area contributed by atoms with E-state index in [1.54, 1.807) is 18.6 Å². The number of nitrogens with one attached hydrogen (secondary N) is 3. The lowest BCUT2D eigenvalue weighted by Gasteiger charge is -2.07. The molecule has 2 aromatic heterocycles. The predicted molar refractivity (Wildman–Crippen MR) is 66.4 cm³/mol. The van der Waals surface area contributed by atoms with Gasteiger partial charge in [-0.15, -0.1) is 0 Å². The van der Waals surface area contributed by atoms with Crippen LogP contribution in [0.25, 0.3) is 10.9 Å². The van der Waals surface area contributed by atoms with Crippen LogP contribution in [0.2, 0.25) is 0 Å². The first-order chi connectivity index (χ1) is 8.33. The fourth-order valence-corrected chi connectivity index (χ4v) is 1.74. The van der Waals surface area contributed by atoms with Crippen molar-refractivity contribution in [3.8, 4) is 0 Å². The van der Waals surface area contributed by atoms with Crippen LogP contribution in [0, 0.1) is 0 Å². The molecule has 3 rings (SSSR count). The lowest BCUT2D eigenvalue weighted by Crippen LogP contribution is -2.03. The van der Waals surface area contributed by atoms with E-state index in [4.69, 9.17) is 5.73 Å². The average Bonchev–Trinajstić information content (AvgIpc) is 2.95. The largest absolute Gasteiger partial charge is 0.397 e. The molecule has 0 aliphatic rings. The molecule has 0 saturated heterocycles. The summed E-state index contributed by atoms with van der Waals surface area (Å²) in [5.41, 5.74) is 8.48. The van der Waals surface area contributed by atoms with Crippen molar-refractivity contribution >= 4 is 22.3 Å². The van der Waals surface area contributed by atoms with Crippen LogP contribution >= 0.6 is 0 Å². The van der Waals surface area contributed by atoms with Crippen molar-refractivity contribution in [3.63, 3.8) is 0 Å². The summed E-state index contributed by atoms with van der Waals surface area (Å²) < 4.78 is 0. The van der Waals surface area contributed by atoms with Gasteiger partial charge in [0.15, 0.2) is 0 Å². The number of rotatable bonds is 3. The third-order valence-corrected chi connectivity index (χ3v) is 2.61.